The molecule has 1 atom stereocenters. The molecule has 0 aliphatic carbocycles. The number of likely N-dealkylation sites (tertiary alicyclic amines) is 2. The van der Waals surface area contributed by atoms with Crippen molar-refractivity contribution in [1.82, 2.24) is 29.0 Å². The molecular weight excluding hydrogens is 892 g/mol. The topological polar surface area (TPSA) is 174 Å². The summed E-state index contributed by atoms with van der Waals surface area (Å²) in [6, 6.07) is 12.2. The maximum Gasteiger partial charge on any atom is 0.262 e. The molecule has 3 N–H and O–H groups in total. The van der Waals surface area contributed by atoms with E-state index < -0.39 is 11.9 Å². The molecule has 19 heteroatoms. The number of nitrogens with one attached hydrogen (secondary N) is 3. The molecule has 0 saturated carbocycles. The minimum absolute atomic E-state index is 0.00190. The minimum atomic E-state index is -0.726. The van der Waals surface area contributed by atoms with Crippen LogP contribution in [0.3, 0.4) is 0 Å². The Kier molecular flexibility index (Phi) is 17.4. The average molecular weight is 951 g/mol. The normalized spacial score (nSPS) is 18.5. The van der Waals surface area contributed by atoms with E-state index in [4.69, 9.17) is 21.1 Å². The van der Waals surface area contributed by atoms with Gasteiger partial charge in [-0.25, -0.2) is 18.1 Å². The van der Waals surface area contributed by atoms with Gasteiger partial charge >= 0.3 is 0 Å². The Morgan fingerprint density at radius 1 is 1.06 bits per heavy atom. The second-order valence-electron chi connectivity index (χ2n) is 16.5. The highest BCUT2D eigenvalue weighted by molar-refractivity contribution is 7.98. The van der Waals surface area contributed by atoms with Gasteiger partial charge in [0.05, 0.1) is 40.1 Å². The third-order valence-electron chi connectivity index (χ3n) is 12.4. The van der Waals surface area contributed by atoms with Gasteiger partial charge in [0.2, 0.25) is 17.7 Å². The molecule has 4 aliphatic heterocycles. The molecule has 4 aromatic rings. The number of hydrogen-bond acceptors (Lipinski definition) is 13. The van der Waals surface area contributed by atoms with Crippen LogP contribution in [-0.2, 0) is 26.2 Å². The van der Waals surface area contributed by atoms with E-state index in [9.17, 15) is 33.2 Å². The van der Waals surface area contributed by atoms with Crippen LogP contribution in [0.2, 0.25) is 5.02 Å². The van der Waals surface area contributed by atoms with Gasteiger partial charge in [-0.3, -0.25) is 29.4 Å². The second-order valence-corrected chi connectivity index (χ2v) is 17.9. The van der Waals surface area contributed by atoms with Crippen molar-refractivity contribution in [2.45, 2.75) is 89.7 Å². The van der Waals surface area contributed by atoms with Gasteiger partial charge < -0.3 is 29.0 Å². The smallest absolute Gasteiger partial charge is 0.262 e. The van der Waals surface area contributed by atoms with Crippen LogP contribution in [0, 0.1) is 23.0 Å². The number of carbonyl (C=O) groups is 3. The average Bonchev–Trinajstić information content (AvgIpc) is 3.78. The zero-order valence-electron chi connectivity index (χ0n) is 38.1. The number of fused-ring (bicyclic) bond motifs is 1. The number of piperidine rings is 3. The number of amides is 3. The lowest BCUT2D eigenvalue weighted by molar-refractivity contribution is -0.137. The van der Waals surface area contributed by atoms with Gasteiger partial charge in [-0.2, -0.15) is 5.26 Å². The molecule has 4 aliphatic rings. The van der Waals surface area contributed by atoms with Gasteiger partial charge in [-0.1, -0.05) is 38.4 Å². The zero-order valence-corrected chi connectivity index (χ0v) is 39.6. The van der Waals surface area contributed by atoms with Crippen LogP contribution in [0.25, 0.3) is 10.9 Å². The molecule has 1 aromatic heterocycles. The van der Waals surface area contributed by atoms with Crippen LogP contribution < -0.4 is 25.7 Å². The van der Waals surface area contributed by atoms with E-state index in [-0.39, 0.29) is 74.5 Å². The van der Waals surface area contributed by atoms with Gasteiger partial charge in [0.1, 0.15) is 29.2 Å². The number of aryl methyl sites for hydroxylation is 1. The fraction of sp³-hybridized carbons (Fsp3) is 0.489. The maximum atomic E-state index is 14.9. The highest BCUT2D eigenvalue weighted by Gasteiger charge is 2.39. The number of carbonyl (C=O) groups excluding carboxylic acids is 3. The van der Waals surface area contributed by atoms with Crippen molar-refractivity contribution < 1.29 is 32.6 Å². The van der Waals surface area contributed by atoms with Crippen molar-refractivity contribution in [2.24, 2.45) is 7.05 Å². The summed E-state index contributed by atoms with van der Waals surface area (Å²) in [7, 11) is 3.42. The van der Waals surface area contributed by atoms with E-state index in [1.807, 2.05) is 43.1 Å². The van der Waals surface area contributed by atoms with E-state index in [0.29, 0.717) is 35.4 Å². The van der Waals surface area contributed by atoms with Crippen molar-refractivity contribution in [3.05, 3.63) is 86.9 Å². The number of aromatic nitrogens is 2. The number of halogens is 3. The fourth-order valence-corrected chi connectivity index (χ4v) is 9.29. The quantitative estimate of drug-likeness (QED) is 0.0986. The summed E-state index contributed by atoms with van der Waals surface area (Å²) in [5.41, 5.74) is 1.65. The van der Waals surface area contributed by atoms with Crippen LogP contribution in [0.5, 0.6) is 11.5 Å². The Labute approximate surface area is 393 Å². The lowest BCUT2D eigenvalue weighted by atomic mass is 9.88. The third-order valence-corrected chi connectivity index (χ3v) is 13.6. The summed E-state index contributed by atoms with van der Waals surface area (Å²) >= 11 is 7.63. The van der Waals surface area contributed by atoms with Crippen LogP contribution in [0.15, 0.2) is 53.6 Å². The summed E-state index contributed by atoms with van der Waals surface area (Å²) in [6.45, 7) is 11.1. The molecule has 354 valence electrons. The first-order valence-electron chi connectivity index (χ1n) is 22.5. The maximum absolute atomic E-state index is 14.9. The Hall–Kier alpha value is -5.32. The lowest BCUT2D eigenvalue weighted by Gasteiger charge is -2.40. The molecule has 8 rings (SSSR count). The Balaban J connectivity index is 0.000000214. The zero-order chi connectivity index (χ0) is 47.5. The number of benzene rings is 3. The Morgan fingerprint density at radius 2 is 1.80 bits per heavy atom. The molecular formula is C47H58ClF2N9O6S. The van der Waals surface area contributed by atoms with E-state index in [1.165, 1.54) is 47.3 Å². The van der Waals surface area contributed by atoms with Crippen LogP contribution in [0.1, 0.15) is 89.2 Å². The molecule has 4 fully saturated rings. The van der Waals surface area contributed by atoms with Gasteiger partial charge in [0.25, 0.3) is 5.56 Å². The molecule has 3 amide bonds. The largest absolute Gasteiger partial charge is 0.451 e. The monoisotopic (exact) mass is 949 g/mol. The van der Waals surface area contributed by atoms with Crippen molar-refractivity contribution in [3.8, 4) is 17.6 Å². The summed E-state index contributed by atoms with van der Waals surface area (Å²) < 4.78 is 47.3. The van der Waals surface area contributed by atoms with E-state index in [2.05, 4.69) is 25.2 Å². The summed E-state index contributed by atoms with van der Waals surface area (Å²) in [5, 5.41) is 15.1. The number of nitrogens with zero attached hydrogens (tertiary/aromatic N) is 6. The third kappa shape index (κ3) is 12.0. The van der Waals surface area contributed by atoms with Gasteiger partial charge in [0.15, 0.2) is 11.6 Å². The number of ether oxygens (including phenoxy) is 2. The van der Waals surface area contributed by atoms with E-state index in [1.54, 1.807) is 25.2 Å². The molecule has 3 aromatic carbocycles. The highest BCUT2D eigenvalue weighted by Crippen LogP contribution is 2.39. The van der Waals surface area contributed by atoms with Crippen LogP contribution in [0.4, 0.5) is 20.2 Å². The standard InChI is InChI=1S/C26H35FN4O4.C19H17ClFN5O2S.C2H6/c27-21-16-19(28-22-4-5-23(32)29-25(22)34)2-3-20(21)18-6-11-30(12-7-18)17-24(33)31-13-9-26(10-14-31)8-1-15-35-26;1-4-26(3)29-24-13-6-5-12(21)18(11(13)9-22)28-15-8-7-14-16(17(15)20)19(27)25(2)10-23-14;1-2/h2-3,16,18,22,28H,1,4-15,17H2,(H,29,32,34);5-8,10,24H,4H2,1-3H3;1-2H3. The van der Waals surface area contributed by atoms with Gasteiger partial charge in [-0.05, 0) is 113 Å². The van der Waals surface area contributed by atoms with Crippen molar-refractivity contribution >= 4 is 63.7 Å². The summed E-state index contributed by atoms with van der Waals surface area (Å²) in [6.07, 6.45) is 7.80. The Bertz CT molecular complexity index is 2480. The highest BCUT2D eigenvalue weighted by atomic mass is 35.5. The van der Waals surface area contributed by atoms with Crippen LogP contribution >= 0.6 is 23.7 Å². The van der Waals surface area contributed by atoms with Crippen molar-refractivity contribution in [3.63, 3.8) is 0 Å². The molecule has 66 heavy (non-hydrogen) atoms. The summed E-state index contributed by atoms with van der Waals surface area (Å²) in [5.74, 6) is -1.58. The predicted molar refractivity (Wildman–Crippen MR) is 252 cm³/mol. The SMILES string of the molecule is CC.CCN(C)SNc1ccc(F)c(Oc2ccc3ncn(C)c(=O)c3c2Cl)c1C#N.O=C1CCC(Nc2ccc(C3CCN(CC(=O)N4CCC5(CCCO5)CC4)CC3)c(F)c2)C(=O)N1. The molecule has 1 unspecified atom stereocenters. The van der Waals surface area contributed by atoms with Gasteiger partial charge in [0, 0.05) is 57.5 Å². The molecule has 0 bridgehead atoms. The van der Waals surface area contributed by atoms with Gasteiger partial charge in [-0.15, -0.1) is 0 Å². The molecule has 5 heterocycles. The minimum Gasteiger partial charge on any atom is -0.451 e. The Morgan fingerprint density at radius 3 is 2.45 bits per heavy atom. The van der Waals surface area contributed by atoms with Crippen molar-refractivity contribution in [1.29, 1.82) is 5.26 Å². The van der Waals surface area contributed by atoms with E-state index >= 15 is 0 Å². The first kappa shape index (κ1) is 50.1. The predicted octanol–water partition coefficient (Wildman–Crippen LogP) is 7.74. The molecule has 1 spiro atoms. The van der Waals surface area contributed by atoms with Crippen molar-refractivity contribution in [2.75, 3.05) is 63.0 Å². The number of anilines is 2. The first-order valence-corrected chi connectivity index (χ1v) is 23.7. The number of imide groups is 1. The number of nitriles is 1. The van der Waals surface area contributed by atoms with Crippen LogP contribution in [-0.4, -0.2) is 106 Å². The number of hydrogen-bond donors (Lipinski definition) is 3. The first-order chi connectivity index (χ1) is 31.8. The number of rotatable bonds is 11. The second kappa shape index (κ2) is 22.9. The molecule has 15 nitrogen and oxygen atoms in total. The molecule has 0 radical (unpaired) electrons. The van der Waals surface area contributed by atoms with E-state index in [0.717, 1.165) is 77.9 Å². The fourth-order valence-electron chi connectivity index (χ4n) is 8.46. The summed E-state index contributed by atoms with van der Waals surface area (Å²) in [4.78, 5) is 56.8. The lowest BCUT2D eigenvalue weighted by Crippen LogP contribution is -2.49. The molecule has 4 saturated heterocycles.